The average Bonchev–Trinajstić information content (AvgIpc) is 2.63. The van der Waals surface area contributed by atoms with Crippen molar-refractivity contribution in [3.63, 3.8) is 0 Å². The predicted molar refractivity (Wildman–Crippen MR) is 100 cm³/mol. The number of amides is 1. The van der Waals surface area contributed by atoms with Gasteiger partial charge in [-0.25, -0.2) is 0 Å². The first-order valence-corrected chi connectivity index (χ1v) is 8.39. The van der Waals surface area contributed by atoms with Crippen molar-refractivity contribution in [2.24, 2.45) is 9.98 Å². The molecule has 0 saturated heterocycles. The number of hydrogen-bond acceptors (Lipinski definition) is 5. The summed E-state index contributed by atoms with van der Waals surface area (Å²) in [5.74, 6) is 1.50. The summed E-state index contributed by atoms with van der Waals surface area (Å²) >= 11 is 0. The zero-order valence-electron chi connectivity index (χ0n) is 14.3. The summed E-state index contributed by atoms with van der Waals surface area (Å²) in [4.78, 5) is 20.5. The molecule has 25 heavy (non-hydrogen) atoms. The smallest absolute Gasteiger partial charge is 0.223 e. The van der Waals surface area contributed by atoms with E-state index >= 15 is 0 Å². The van der Waals surface area contributed by atoms with E-state index in [1.54, 1.807) is 7.05 Å². The minimum absolute atomic E-state index is 0.0315. The van der Waals surface area contributed by atoms with Crippen LogP contribution in [-0.4, -0.2) is 44.7 Å². The van der Waals surface area contributed by atoms with Crippen LogP contribution in [-0.2, 0) is 4.79 Å². The second kappa shape index (κ2) is 8.28. The van der Waals surface area contributed by atoms with Gasteiger partial charge in [-0.1, -0.05) is 18.2 Å². The van der Waals surface area contributed by atoms with Crippen molar-refractivity contribution in [3.8, 4) is 5.75 Å². The van der Waals surface area contributed by atoms with Crippen molar-refractivity contribution in [1.82, 2.24) is 10.6 Å². The first-order chi connectivity index (χ1) is 12.3. The number of fused-ring (bicyclic) bond motifs is 4. The summed E-state index contributed by atoms with van der Waals surface area (Å²) in [5, 5.41) is 6.23. The van der Waals surface area contributed by atoms with Crippen molar-refractivity contribution < 1.29 is 9.53 Å². The maximum Gasteiger partial charge on any atom is 0.223 e. The molecule has 0 saturated carbocycles. The molecule has 0 fully saturated rings. The van der Waals surface area contributed by atoms with Crippen LogP contribution in [0.1, 0.15) is 18.4 Å². The summed E-state index contributed by atoms with van der Waals surface area (Å²) < 4.78 is 5.73. The number of carbonyl (C=O) groups is 1. The lowest BCUT2D eigenvalue weighted by atomic mass is 10.0. The van der Waals surface area contributed by atoms with Gasteiger partial charge in [-0.15, -0.1) is 0 Å². The largest absolute Gasteiger partial charge is 0.493 e. The number of hydrogen-bond donors (Lipinski definition) is 2. The summed E-state index contributed by atoms with van der Waals surface area (Å²) in [5.41, 5.74) is 3.07. The summed E-state index contributed by atoms with van der Waals surface area (Å²) in [7, 11) is 1.76. The van der Waals surface area contributed by atoms with Gasteiger partial charge in [-0.3, -0.25) is 14.8 Å². The fourth-order valence-corrected chi connectivity index (χ4v) is 2.74. The normalized spacial score (nSPS) is 21.5. The molecule has 0 aromatic heterocycles. The zero-order valence-corrected chi connectivity index (χ0v) is 14.3. The van der Waals surface area contributed by atoms with Crippen molar-refractivity contribution in [2.75, 3.05) is 26.7 Å². The molecule has 2 N–H and O–H groups in total. The number of amidine groups is 1. The third-order valence-corrected chi connectivity index (χ3v) is 3.92. The van der Waals surface area contributed by atoms with Crippen molar-refractivity contribution in [3.05, 3.63) is 47.7 Å². The molecule has 3 rings (SSSR count). The lowest BCUT2D eigenvalue weighted by molar-refractivity contribution is -0.121. The van der Waals surface area contributed by atoms with Gasteiger partial charge in [0.05, 0.1) is 19.6 Å². The minimum Gasteiger partial charge on any atom is -0.493 e. The van der Waals surface area contributed by atoms with Gasteiger partial charge in [-0.2, -0.15) is 0 Å². The van der Waals surface area contributed by atoms with Gasteiger partial charge in [0.2, 0.25) is 5.91 Å². The summed E-state index contributed by atoms with van der Waals surface area (Å²) in [6.45, 7) is 1.38. The van der Waals surface area contributed by atoms with Crippen LogP contribution in [0.4, 0.5) is 0 Å². The van der Waals surface area contributed by atoms with E-state index in [-0.39, 0.29) is 5.91 Å². The van der Waals surface area contributed by atoms with Gasteiger partial charge in [0.25, 0.3) is 0 Å². The second-order valence-electron chi connectivity index (χ2n) is 5.75. The van der Waals surface area contributed by atoms with E-state index in [4.69, 9.17) is 4.74 Å². The molecule has 0 aliphatic carbocycles. The van der Waals surface area contributed by atoms with Gasteiger partial charge < -0.3 is 15.4 Å². The maximum absolute atomic E-state index is 11.8. The summed E-state index contributed by atoms with van der Waals surface area (Å²) in [6.07, 6.45) is 6.99. The van der Waals surface area contributed by atoms with Crippen LogP contribution < -0.4 is 15.4 Å². The van der Waals surface area contributed by atoms with Gasteiger partial charge in [0.15, 0.2) is 0 Å². The Bertz CT molecular complexity index is 762. The molecule has 130 valence electrons. The third-order valence-electron chi connectivity index (χ3n) is 3.92. The minimum atomic E-state index is -0.0315. The Morgan fingerprint density at radius 3 is 3.16 bits per heavy atom. The van der Waals surface area contributed by atoms with E-state index in [1.807, 2.05) is 36.6 Å². The van der Waals surface area contributed by atoms with Crippen molar-refractivity contribution in [1.29, 1.82) is 0 Å². The van der Waals surface area contributed by atoms with Gasteiger partial charge in [-0.05, 0) is 23.8 Å². The molecule has 0 unspecified atom stereocenters. The van der Waals surface area contributed by atoms with Crippen LogP contribution in [0.15, 0.2) is 52.1 Å². The number of rotatable bonds is 1. The molecule has 0 radical (unpaired) electrons. The van der Waals surface area contributed by atoms with Gasteiger partial charge >= 0.3 is 0 Å². The Hall–Kier alpha value is -2.89. The molecule has 4 bridgehead atoms. The first-order valence-electron chi connectivity index (χ1n) is 8.39. The molecule has 0 atom stereocenters. The van der Waals surface area contributed by atoms with Crippen molar-refractivity contribution in [2.45, 2.75) is 12.8 Å². The second-order valence-corrected chi connectivity index (χ2v) is 5.75. The molecule has 2 aliphatic heterocycles. The predicted octanol–water partition coefficient (Wildman–Crippen LogP) is 1.95. The Kier molecular flexibility index (Phi) is 5.61. The molecule has 0 spiro atoms. The van der Waals surface area contributed by atoms with Crippen LogP contribution in [0.3, 0.4) is 0 Å². The third kappa shape index (κ3) is 4.56. The maximum atomic E-state index is 11.8. The van der Waals surface area contributed by atoms with E-state index in [0.717, 1.165) is 34.8 Å². The lowest BCUT2D eigenvalue weighted by Gasteiger charge is -2.18. The molecule has 6 heteroatoms. The lowest BCUT2D eigenvalue weighted by Crippen LogP contribution is -2.29. The fraction of sp³-hybridized carbons (Fsp3) is 0.316. The standard InChI is InChI=1S/C19H22N4O2/c1-20-13-16-14-4-2-5-15(12-14)25-11-8-19(24)22-10-9-21-18-7-3-6-17(16)23-18/h2-5,7,12-13H,6,8-11H2,1H3,(H,21,23)(H,22,24)/b17-16-,20-13?. The van der Waals surface area contributed by atoms with Gasteiger partial charge in [0.1, 0.15) is 11.6 Å². The van der Waals surface area contributed by atoms with Crippen LogP contribution >= 0.6 is 0 Å². The number of nitrogens with one attached hydrogen (secondary N) is 2. The molecule has 2 aliphatic rings. The number of nitrogens with zero attached hydrogens (tertiary/aromatic N) is 2. The Balaban J connectivity index is 2.00. The van der Waals surface area contributed by atoms with Crippen LogP contribution in [0.2, 0.25) is 0 Å². The molecular formula is C19H22N4O2. The average molecular weight is 338 g/mol. The highest BCUT2D eigenvalue weighted by atomic mass is 16.5. The number of aliphatic imine (C=N–C) groups is 2. The van der Waals surface area contributed by atoms with E-state index in [9.17, 15) is 4.79 Å². The topological polar surface area (TPSA) is 75.1 Å². The van der Waals surface area contributed by atoms with Crippen LogP contribution in [0.5, 0.6) is 5.75 Å². The zero-order chi connectivity index (χ0) is 17.5. The number of carbonyl (C=O) groups excluding carboxylic acids is 1. The SMILES string of the molecule is CN=C/C1=C2\CC=CC(=NCCNC(=O)CCOc3cccc1c3)N2. The highest BCUT2D eigenvalue weighted by Crippen LogP contribution is 2.24. The molecule has 1 aromatic rings. The van der Waals surface area contributed by atoms with Gasteiger partial charge in [0, 0.05) is 37.5 Å². The monoisotopic (exact) mass is 338 g/mol. The van der Waals surface area contributed by atoms with E-state index in [1.165, 1.54) is 0 Å². The highest BCUT2D eigenvalue weighted by Gasteiger charge is 2.13. The number of ether oxygens (including phenoxy) is 1. The molecular weight excluding hydrogens is 316 g/mol. The quantitative estimate of drug-likeness (QED) is 0.769. The van der Waals surface area contributed by atoms with Crippen LogP contribution in [0.25, 0.3) is 5.57 Å². The number of allylic oxidation sites excluding steroid dienone is 2. The summed E-state index contributed by atoms with van der Waals surface area (Å²) in [6, 6.07) is 7.84. The Morgan fingerprint density at radius 1 is 1.36 bits per heavy atom. The van der Waals surface area contributed by atoms with E-state index in [2.05, 4.69) is 26.7 Å². The first kappa shape index (κ1) is 17.0. The Morgan fingerprint density at radius 2 is 2.28 bits per heavy atom. The fourth-order valence-electron chi connectivity index (χ4n) is 2.74. The molecule has 1 aromatic carbocycles. The van der Waals surface area contributed by atoms with E-state index < -0.39 is 0 Å². The molecule has 2 heterocycles. The van der Waals surface area contributed by atoms with Crippen molar-refractivity contribution >= 4 is 23.5 Å². The number of benzene rings is 1. The van der Waals surface area contributed by atoms with Crippen LogP contribution in [0, 0.1) is 0 Å². The molecule has 6 nitrogen and oxygen atoms in total. The highest BCUT2D eigenvalue weighted by molar-refractivity contribution is 6.12. The molecule has 1 amide bonds. The Labute approximate surface area is 147 Å². The van der Waals surface area contributed by atoms with E-state index in [0.29, 0.717) is 26.1 Å².